The van der Waals surface area contributed by atoms with Gasteiger partial charge in [0.15, 0.2) is 0 Å². The van der Waals surface area contributed by atoms with Gasteiger partial charge in [-0.15, -0.1) is 0 Å². The van der Waals surface area contributed by atoms with Gasteiger partial charge in [0.2, 0.25) is 0 Å². The van der Waals surface area contributed by atoms with Crippen LogP contribution in [0.5, 0.6) is 11.5 Å². The lowest BCUT2D eigenvalue weighted by Crippen LogP contribution is -2.21. The topological polar surface area (TPSA) is 44.5 Å². The zero-order chi connectivity index (χ0) is 11.5. The Kier molecular flexibility index (Phi) is 3.34. The van der Waals surface area contributed by atoms with Crippen LogP contribution >= 0.6 is 0 Å². The van der Waals surface area contributed by atoms with Crippen molar-refractivity contribution in [2.75, 3.05) is 13.2 Å². The van der Waals surface area contributed by atoms with E-state index >= 15 is 0 Å². The van der Waals surface area contributed by atoms with Crippen molar-refractivity contribution in [2.24, 2.45) is 5.73 Å². The number of hydrogen-bond donors (Lipinski definition) is 1. The summed E-state index contributed by atoms with van der Waals surface area (Å²) in [6.07, 6.45) is 1.19. The molecule has 3 heteroatoms. The zero-order valence-corrected chi connectivity index (χ0v) is 9.90. The lowest BCUT2D eigenvalue weighted by molar-refractivity contribution is 0.235. The normalized spacial score (nSPS) is 19.1. The highest BCUT2D eigenvalue weighted by Gasteiger charge is 2.20. The molecule has 0 fully saturated rings. The van der Waals surface area contributed by atoms with Crippen molar-refractivity contribution in [1.29, 1.82) is 0 Å². The van der Waals surface area contributed by atoms with Crippen LogP contribution in [0.1, 0.15) is 31.7 Å². The summed E-state index contributed by atoms with van der Waals surface area (Å²) in [5, 5.41) is 0. The molecule has 1 aliphatic heterocycles. The highest BCUT2D eigenvalue weighted by atomic mass is 16.5. The molecular weight excluding hydrogens is 202 g/mol. The first-order valence-electron chi connectivity index (χ1n) is 5.84. The van der Waals surface area contributed by atoms with Crippen LogP contribution in [0.4, 0.5) is 0 Å². The van der Waals surface area contributed by atoms with Crippen LogP contribution in [0.2, 0.25) is 0 Å². The third-order valence-electron chi connectivity index (χ3n) is 2.81. The quantitative estimate of drug-likeness (QED) is 0.851. The first-order chi connectivity index (χ1) is 7.70. The van der Waals surface area contributed by atoms with Crippen LogP contribution in [-0.4, -0.2) is 19.3 Å². The van der Waals surface area contributed by atoms with Crippen molar-refractivity contribution in [1.82, 2.24) is 0 Å². The fraction of sp³-hybridized carbons (Fsp3) is 0.538. The van der Waals surface area contributed by atoms with E-state index in [2.05, 4.69) is 6.07 Å². The summed E-state index contributed by atoms with van der Waals surface area (Å²) < 4.78 is 11.3. The summed E-state index contributed by atoms with van der Waals surface area (Å²) in [4.78, 5) is 0. The predicted molar refractivity (Wildman–Crippen MR) is 64.1 cm³/mol. The molecule has 1 heterocycles. The van der Waals surface area contributed by atoms with Crippen LogP contribution in [0.25, 0.3) is 0 Å². The van der Waals surface area contributed by atoms with Gasteiger partial charge in [-0.25, -0.2) is 0 Å². The Morgan fingerprint density at radius 2 is 2.31 bits per heavy atom. The van der Waals surface area contributed by atoms with E-state index in [1.807, 2.05) is 26.0 Å². The van der Waals surface area contributed by atoms with Gasteiger partial charge in [-0.05, 0) is 38.4 Å². The summed E-state index contributed by atoms with van der Waals surface area (Å²) >= 11 is 0. The molecule has 88 valence electrons. The largest absolute Gasteiger partial charge is 0.493 e. The van der Waals surface area contributed by atoms with Crippen LogP contribution in [0, 0.1) is 0 Å². The molecule has 0 saturated carbocycles. The van der Waals surface area contributed by atoms with Crippen LogP contribution in [-0.2, 0) is 0 Å². The van der Waals surface area contributed by atoms with Crippen LogP contribution in [0.15, 0.2) is 18.2 Å². The first kappa shape index (κ1) is 11.3. The molecule has 2 N–H and O–H groups in total. The Bertz CT molecular complexity index is 363. The predicted octanol–water partition coefficient (Wildman–Crippen LogP) is 2.30. The Morgan fingerprint density at radius 3 is 3.00 bits per heavy atom. The lowest BCUT2D eigenvalue weighted by atomic mass is 9.93. The molecule has 0 bridgehead atoms. The van der Waals surface area contributed by atoms with Gasteiger partial charge < -0.3 is 15.2 Å². The summed E-state index contributed by atoms with van der Waals surface area (Å²) in [7, 11) is 0. The molecule has 16 heavy (non-hydrogen) atoms. The average Bonchev–Trinajstić information content (AvgIpc) is 2.27. The second-order valence-corrected chi connectivity index (χ2v) is 4.44. The second-order valence-electron chi connectivity index (χ2n) is 4.44. The maximum absolute atomic E-state index is 5.75. The van der Waals surface area contributed by atoms with E-state index in [-0.39, 0.29) is 6.10 Å². The van der Waals surface area contributed by atoms with E-state index in [1.54, 1.807) is 0 Å². The smallest absolute Gasteiger partial charge is 0.126 e. The van der Waals surface area contributed by atoms with Crippen molar-refractivity contribution in [3.8, 4) is 11.5 Å². The van der Waals surface area contributed by atoms with E-state index in [4.69, 9.17) is 15.2 Å². The number of ether oxygens (including phenoxy) is 2. The SMILES string of the molecule is CC(C)Oc1ccc2c(c1)OCCC2CN. The summed E-state index contributed by atoms with van der Waals surface area (Å²) in [5.41, 5.74) is 6.96. The van der Waals surface area contributed by atoms with E-state index in [9.17, 15) is 0 Å². The van der Waals surface area contributed by atoms with Gasteiger partial charge in [0, 0.05) is 12.0 Å². The van der Waals surface area contributed by atoms with Gasteiger partial charge in [0.25, 0.3) is 0 Å². The van der Waals surface area contributed by atoms with Crippen molar-refractivity contribution in [3.63, 3.8) is 0 Å². The fourth-order valence-electron chi connectivity index (χ4n) is 2.03. The third-order valence-corrected chi connectivity index (χ3v) is 2.81. The summed E-state index contributed by atoms with van der Waals surface area (Å²) in [6, 6.07) is 6.04. The lowest BCUT2D eigenvalue weighted by Gasteiger charge is -2.25. The number of hydrogen-bond acceptors (Lipinski definition) is 3. The molecule has 1 aromatic carbocycles. The van der Waals surface area contributed by atoms with Crippen molar-refractivity contribution in [3.05, 3.63) is 23.8 Å². The van der Waals surface area contributed by atoms with Gasteiger partial charge in [0.1, 0.15) is 11.5 Å². The van der Waals surface area contributed by atoms with Crippen LogP contribution < -0.4 is 15.2 Å². The molecular formula is C13H19NO2. The minimum Gasteiger partial charge on any atom is -0.493 e. The Labute approximate surface area is 96.5 Å². The van der Waals surface area contributed by atoms with Gasteiger partial charge >= 0.3 is 0 Å². The molecule has 0 spiro atoms. The number of fused-ring (bicyclic) bond motifs is 1. The van der Waals surface area contributed by atoms with E-state index in [0.29, 0.717) is 12.5 Å². The first-order valence-corrected chi connectivity index (χ1v) is 5.84. The minimum atomic E-state index is 0.187. The maximum Gasteiger partial charge on any atom is 0.126 e. The van der Waals surface area contributed by atoms with E-state index < -0.39 is 0 Å². The Hall–Kier alpha value is -1.22. The van der Waals surface area contributed by atoms with Crippen LogP contribution in [0.3, 0.4) is 0 Å². The highest BCUT2D eigenvalue weighted by molar-refractivity contribution is 5.44. The van der Waals surface area contributed by atoms with Crippen molar-refractivity contribution >= 4 is 0 Å². The molecule has 1 aliphatic rings. The van der Waals surface area contributed by atoms with Crippen molar-refractivity contribution in [2.45, 2.75) is 32.3 Å². The third kappa shape index (κ3) is 2.30. The van der Waals surface area contributed by atoms with E-state index in [0.717, 1.165) is 24.5 Å². The molecule has 0 aliphatic carbocycles. The van der Waals surface area contributed by atoms with Gasteiger partial charge in [-0.3, -0.25) is 0 Å². The Morgan fingerprint density at radius 1 is 1.50 bits per heavy atom. The number of rotatable bonds is 3. The average molecular weight is 221 g/mol. The molecule has 0 saturated heterocycles. The van der Waals surface area contributed by atoms with Crippen molar-refractivity contribution < 1.29 is 9.47 Å². The summed E-state index contributed by atoms with van der Waals surface area (Å²) in [6.45, 7) is 5.47. The fourth-order valence-corrected chi connectivity index (χ4v) is 2.03. The zero-order valence-electron chi connectivity index (χ0n) is 9.90. The molecule has 2 rings (SSSR count). The maximum atomic E-state index is 5.75. The molecule has 0 radical (unpaired) electrons. The molecule has 1 unspecified atom stereocenters. The monoisotopic (exact) mass is 221 g/mol. The minimum absolute atomic E-state index is 0.187. The van der Waals surface area contributed by atoms with Gasteiger partial charge in [0.05, 0.1) is 12.7 Å². The molecule has 3 nitrogen and oxygen atoms in total. The molecule has 0 amide bonds. The van der Waals surface area contributed by atoms with Gasteiger partial charge in [-0.2, -0.15) is 0 Å². The molecule has 0 aromatic heterocycles. The van der Waals surface area contributed by atoms with Gasteiger partial charge in [-0.1, -0.05) is 6.07 Å². The second kappa shape index (κ2) is 4.74. The summed E-state index contributed by atoms with van der Waals surface area (Å²) in [5.74, 6) is 2.23. The van der Waals surface area contributed by atoms with E-state index in [1.165, 1.54) is 5.56 Å². The highest BCUT2D eigenvalue weighted by Crippen LogP contribution is 2.35. The standard InChI is InChI=1S/C13H19NO2/c1-9(2)16-11-3-4-12-10(8-14)5-6-15-13(12)7-11/h3-4,7,9-10H,5-6,8,14H2,1-2H3. The Balaban J connectivity index is 2.24. The molecule has 1 aromatic rings. The number of benzene rings is 1. The number of nitrogens with two attached hydrogens (primary N) is 1. The molecule has 1 atom stereocenters.